The zero-order chi connectivity index (χ0) is 19.5. The number of pyridine rings is 1. The van der Waals surface area contributed by atoms with E-state index in [1.54, 1.807) is 23.1 Å². The molecule has 2 aromatic heterocycles. The number of fused-ring (bicyclic) bond motifs is 1. The highest BCUT2D eigenvalue weighted by atomic mass is 19.2. The lowest BCUT2D eigenvalue weighted by Crippen LogP contribution is -2.15. The van der Waals surface area contributed by atoms with Crippen LogP contribution in [0.15, 0.2) is 67.0 Å². The van der Waals surface area contributed by atoms with Gasteiger partial charge in [0.15, 0.2) is 17.5 Å². The van der Waals surface area contributed by atoms with Crippen LogP contribution in [0, 0.1) is 11.6 Å². The highest BCUT2D eigenvalue weighted by Crippen LogP contribution is 2.15. The van der Waals surface area contributed by atoms with Gasteiger partial charge in [0.25, 0.3) is 0 Å². The van der Waals surface area contributed by atoms with E-state index >= 15 is 0 Å². The minimum absolute atomic E-state index is 0.197. The van der Waals surface area contributed by atoms with Crippen LogP contribution in [-0.2, 0) is 17.8 Å². The van der Waals surface area contributed by atoms with Crippen LogP contribution in [0.2, 0.25) is 0 Å². The third-order valence-corrected chi connectivity index (χ3v) is 4.27. The lowest BCUT2D eigenvalue weighted by molar-refractivity contribution is -0.115. The Kier molecular flexibility index (Phi) is 4.80. The number of nitrogens with zero attached hydrogens (tertiary/aromatic N) is 3. The van der Waals surface area contributed by atoms with Crippen molar-refractivity contribution in [3.05, 3.63) is 89.8 Å². The number of halogens is 2. The first-order valence-corrected chi connectivity index (χ1v) is 8.68. The van der Waals surface area contributed by atoms with Crippen molar-refractivity contribution in [2.24, 2.45) is 0 Å². The second kappa shape index (κ2) is 7.56. The number of hydrogen-bond donors (Lipinski definition) is 1. The summed E-state index contributed by atoms with van der Waals surface area (Å²) in [4.78, 5) is 16.6. The molecule has 0 aliphatic carbocycles. The summed E-state index contributed by atoms with van der Waals surface area (Å²) in [5.74, 6) is -1.59. The molecule has 0 spiro atoms. The van der Waals surface area contributed by atoms with E-state index in [1.165, 1.54) is 6.07 Å². The molecule has 0 aliphatic heterocycles. The monoisotopic (exact) mass is 378 g/mol. The van der Waals surface area contributed by atoms with E-state index < -0.39 is 11.6 Å². The Morgan fingerprint density at radius 1 is 1.00 bits per heavy atom. The van der Waals surface area contributed by atoms with Crippen LogP contribution >= 0.6 is 0 Å². The Balaban J connectivity index is 1.39. The third-order valence-electron chi connectivity index (χ3n) is 4.27. The fourth-order valence-electron chi connectivity index (χ4n) is 2.94. The molecule has 2 aromatic carbocycles. The molecule has 5 nitrogen and oxygen atoms in total. The molecule has 1 amide bonds. The van der Waals surface area contributed by atoms with Crippen molar-refractivity contribution in [1.29, 1.82) is 0 Å². The Hall–Kier alpha value is -3.61. The molecule has 0 bridgehead atoms. The van der Waals surface area contributed by atoms with E-state index in [2.05, 4.69) is 15.4 Å². The van der Waals surface area contributed by atoms with Gasteiger partial charge < -0.3 is 5.32 Å². The number of rotatable bonds is 5. The number of benzene rings is 2. The molecular weight excluding hydrogens is 362 g/mol. The molecule has 140 valence electrons. The van der Waals surface area contributed by atoms with Gasteiger partial charge in [-0.15, -0.1) is 0 Å². The average Bonchev–Trinajstić information content (AvgIpc) is 3.11. The Labute approximate surface area is 159 Å². The molecule has 28 heavy (non-hydrogen) atoms. The molecule has 0 fully saturated rings. The average molecular weight is 378 g/mol. The van der Waals surface area contributed by atoms with Crippen molar-refractivity contribution >= 4 is 22.6 Å². The minimum Gasteiger partial charge on any atom is -0.309 e. The zero-order valence-electron chi connectivity index (χ0n) is 14.8. The number of amides is 1. The van der Waals surface area contributed by atoms with Crippen LogP contribution in [0.1, 0.15) is 11.1 Å². The molecule has 7 heteroatoms. The maximum absolute atomic E-state index is 13.3. The fraction of sp³-hybridized carbons (Fsp3) is 0.0952. The summed E-state index contributed by atoms with van der Waals surface area (Å²) in [6.45, 7) is 0.267. The van der Waals surface area contributed by atoms with Crippen molar-refractivity contribution in [3.8, 4) is 0 Å². The number of carbonyl (C=O) groups is 1. The maximum atomic E-state index is 13.3. The lowest BCUT2D eigenvalue weighted by Gasteiger charge is -2.05. The first-order chi connectivity index (χ1) is 13.6. The molecule has 0 saturated carbocycles. The summed E-state index contributed by atoms with van der Waals surface area (Å²) in [5.41, 5.74) is 2.26. The standard InChI is InChI=1S/C21H16F2N4O/c22-17-6-4-15(10-18(17)23)13-27-9-7-20(26-27)25-21(28)12-14-3-5-16-2-1-8-24-19(16)11-14/h1-11H,12-13H2,(H,25,26,28). The van der Waals surface area contributed by atoms with Gasteiger partial charge in [0.2, 0.25) is 5.91 Å². The molecule has 0 unspecified atom stereocenters. The van der Waals surface area contributed by atoms with E-state index in [0.29, 0.717) is 11.4 Å². The van der Waals surface area contributed by atoms with E-state index in [-0.39, 0.29) is 18.9 Å². The molecule has 1 N–H and O–H groups in total. The quantitative estimate of drug-likeness (QED) is 0.572. The molecule has 0 radical (unpaired) electrons. The van der Waals surface area contributed by atoms with Gasteiger partial charge in [0, 0.05) is 23.8 Å². The molecule has 4 aromatic rings. The van der Waals surface area contributed by atoms with Crippen LogP contribution in [0.25, 0.3) is 10.9 Å². The second-order valence-electron chi connectivity index (χ2n) is 6.40. The van der Waals surface area contributed by atoms with E-state index in [9.17, 15) is 13.6 Å². The van der Waals surface area contributed by atoms with Crippen molar-refractivity contribution in [1.82, 2.24) is 14.8 Å². The number of anilines is 1. The summed E-state index contributed by atoms with van der Waals surface area (Å²) < 4.78 is 27.8. The largest absolute Gasteiger partial charge is 0.309 e. The van der Waals surface area contributed by atoms with Gasteiger partial charge in [-0.25, -0.2) is 8.78 Å². The lowest BCUT2D eigenvalue weighted by atomic mass is 10.1. The van der Waals surface area contributed by atoms with E-state index in [1.807, 2.05) is 30.3 Å². The van der Waals surface area contributed by atoms with Crippen molar-refractivity contribution in [2.75, 3.05) is 5.32 Å². The van der Waals surface area contributed by atoms with Gasteiger partial charge in [0.1, 0.15) is 0 Å². The van der Waals surface area contributed by atoms with E-state index in [4.69, 9.17) is 0 Å². The highest BCUT2D eigenvalue weighted by molar-refractivity contribution is 5.92. The van der Waals surface area contributed by atoms with Crippen molar-refractivity contribution in [3.63, 3.8) is 0 Å². The summed E-state index contributed by atoms with van der Waals surface area (Å²) in [7, 11) is 0. The number of aromatic nitrogens is 3. The Bertz CT molecular complexity index is 1160. The van der Waals surface area contributed by atoms with Crippen LogP contribution in [0.3, 0.4) is 0 Å². The Morgan fingerprint density at radius 2 is 1.86 bits per heavy atom. The molecule has 4 rings (SSSR count). The maximum Gasteiger partial charge on any atom is 0.229 e. The second-order valence-corrected chi connectivity index (χ2v) is 6.40. The number of hydrogen-bond acceptors (Lipinski definition) is 3. The van der Waals surface area contributed by atoms with Crippen molar-refractivity contribution < 1.29 is 13.6 Å². The van der Waals surface area contributed by atoms with Gasteiger partial charge in [-0.3, -0.25) is 14.5 Å². The molecular formula is C21H16F2N4O. The fourth-order valence-corrected chi connectivity index (χ4v) is 2.94. The topological polar surface area (TPSA) is 59.8 Å². The van der Waals surface area contributed by atoms with Gasteiger partial charge in [0.05, 0.1) is 18.5 Å². The Morgan fingerprint density at radius 3 is 2.71 bits per heavy atom. The minimum atomic E-state index is -0.900. The van der Waals surface area contributed by atoms with Gasteiger partial charge in [-0.05, 0) is 35.4 Å². The first-order valence-electron chi connectivity index (χ1n) is 8.68. The molecule has 0 atom stereocenters. The summed E-state index contributed by atoms with van der Waals surface area (Å²) >= 11 is 0. The van der Waals surface area contributed by atoms with Gasteiger partial charge >= 0.3 is 0 Å². The number of carbonyl (C=O) groups excluding carboxylic acids is 1. The third kappa shape index (κ3) is 4.03. The summed E-state index contributed by atoms with van der Waals surface area (Å²) in [6.07, 6.45) is 3.57. The van der Waals surface area contributed by atoms with Crippen LogP contribution in [-0.4, -0.2) is 20.7 Å². The van der Waals surface area contributed by atoms with Crippen molar-refractivity contribution in [2.45, 2.75) is 13.0 Å². The van der Waals surface area contributed by atoms with E-state index in [0.717, 1.165) is 28.6 Å². The predicted molar refractivity (Wildman–Crippen MR) is 102 cm³/mol. The number of nitrogens with one attached hydrogen (secondary N) is 1. The molecule has 0 saturated heterocycles. The van der Waals surface area contributed by atoms with Crippen LogP contribution < -0.4 is 5.32 Å². The summed E-state index contributed by atoms with van der Waals surface area (Å²) in [6, 6.07) is 14.9. The highest BCUT2D eigenvalue weighted by Gasteiger charge is 2.09. The first kappa shape index (κ1) is 17.8. The van der Waals surface area contributed by atoms with Gasteiger partial charge in [-0.1, -0.05) is 24.3 Å². The van der Waals surface area contributed by atoms with Crippen LogP contribution in [0.4, 0.5) is 14.6 Å². The SMILES string of the molecule is O=C(Cc1ccc2cccnc2c1)Nc1ccn(Cc2ccc(F)c(F)c2)n1. The zero-order valence-corrected chi connectivity index (χ0v) is 14.8. The predicted octanol–water partition coefficient (Wildman–Crippen LogP) is 3.94. The molecule has 2 heterocycles. The van der Waals surface area contributed by atoms with Crippen LogP contribution in [0.5, 0.6) is 0 Å². The van der Waals surface area contributed by atoms with Gasteiger partial charge in [-0.2, -0.15) is 5.10 Å². The molecule has 0 aliphatic rings. The summed E-state index contributed by atoms with van der Waals surface area (Å²) in [5, 5.41) is 8.00. The smallest absolute Gasteiger partial charge is 0.229 e. The normalized spacial score (nSPS) is 10.9.